The van der Waals surface area contributed by atoms with Gasteiger partial charge in [-0.3, -0.25) is 14.6 Å². The molecule has 0 bridgehead atoms. The third kappa shape index (κ3) is 4.73. The summed E-state index contributed by atoms with van der Waals surface area (Å²) >= 11 is 0. The van der Waals surface area contributed by atoms with E-state index in [1.165, 1.54) is 4.90 Å². The number of hydrogen-bond donors (Lipinski definition) is 0. The Balaban J connectivity index is 1.58. The van der Waals surface area contributed by atoms with Crippen LogP contribution in [0.5, 0.6) is 0 Å². The van der Waals surface area contributed by atoms with E-state index in [0.29, 0.717) is 32.4 Å². The lowest BCUT2D eigenvalue weighted by atomic mass is 9.72. The fourth-order valence-corrected chi connectivity index (χ4v) is 4.64. The lowest BCUT2D eigenvalue weighted by molar-refractivity contribution is -0.165. The van der Waals surface area contributed by atoms with E-state index in [2.05, 4.69) is 4.98 Å². The van der Waals surface area contributed by atoms with Gasteiger partial charge in [0.2, 0.25) is 11.8 Å². The van der Waals surface area contributed by atoms with E-state index in [0.717, 1.165) is 16.7 Å². The molecular formula is C23H24F3N3O2. The molecule has 0 atom stereocenters. The maximum absolute atomic E-state index is 13.7. The Kier molecular flexibility index (Phi) is 5.73. The van der Waals surface area contributed by atoms with Crippen LogP contribution in [0.25, 0.3) is 0 Å². The van der Waals surface area contributed by atoms with Crippen LogP contribution < -0.4 is 0 Å². The second kappa shape index (κ2) is 8.32. The number of likely N-dealkylation sites (tertiary alicyclic amines) is 1. The van der Waals surface area contributed by atoms with Crippen molar-refractivity contribution in [1.29, 1.82) is 0 Å². The third-order valence-electron chi connectivity index (χ3n) is 6.27. The summed E-state index contributed by atoms with van der Waals surface area (Å²) in [7, 11) is 0. The molecule has 0 aliphatic carbocycles. The van der Waals surface area contributed by atoms with Crippen molar-refractivity contribution >= 4 is 11.8 Å². The molecule has 31 heavy (non-hydrogen) atoms. The molecule has 0 saturated carbocycles. The zero-order chi connectivity index (χ0) is 22.1. The number of rotatable bonds is 3. The van der Waals surface area contributed by atoms with Crippen molar-refractivity contribution in [2.75, 3.05) is 13.1 Å². The van der Waals surface area contributed by atoms with Gasteiger partial charge in [0.1, 0.15) is 6.42 Å². The molecule has 2 amide bonds. The molecule has 2 aliphatic rings. The molecule has 1 aromatic carbocycles. The highest BCUT2D eigenvalue weighted by Gasteiger charge is 2.47. The van der Waals surface area contributed by atoms with Crippen molar-refractivity contribution in [2.24, 2.45) is 5.41 Å². The average molecular weight is 431 g/mol. The van der Waals surface area contributed by atoms with Crippen molar-refractivity contribution in [2.45, 2.75) is 44.9 Å². The van der Waals surface area contributed by atoms with Crippen LogP contribution in [0.2, 0.25) is 0 Å². The summed E-state index contributed by atoms with van der Waals surface area (Å²) in [4.78, 5) is 33.0. The number of halogens is 3. The van der Waals surface area contributed by atoms with E-state index in [4.69, 9.17) is 0 Å². The number of alkyl halides is 3. The van der Waals surface area contributed by atoms with Crippen LogP contribution in [0.1, 0.15) is 36.0 Å². The number of carbonyl (C=O) groups is 2. The fourth-order valence-electron chi connectivity index (χ4n) is 4.64. The van der Waals surface area contributed by atoms with Crippen LogP contribution in [0, 0.1) is 5.41 Å². The zero-order valence-corrected chi connectivity index (χ0v) is 17.1. The molecule has 5 nitrogen and oxygen atoms in total. The number of hydrogen-bond acceptors (Lipinski definition) is 3. The predicted octanol–water partition coefficient (Wildman–Crippen LogP) is 3.73. The standard InChI is InChI=1S/C23H24F3N3O2/c24-23(25,26)13-20(30)28-10-7-22(8-11-28)12-18-5-1-2-6-19(18)16-29(21(22)31)15-17-4-3-9-27-14-17/h1-6,9,14H,7-8,10-13,15-16H2. The summed E-state index contributed by atoms with van der Waals surface area (Å²) in [5, 5.41) is 0. The van der Waals surface area contributed by atoms with Gasteiger partial charge in [0.15, 0.2) is 0 Å². The lowest BCUT2D eigenvalue weighted by Gasteiger charge is -2.42. The fraction of sp³-hybridized carbons (Fsp3) is 0.435. The van der Waals surface area contributed by atoms with Crippen molar-refractivity contribution in [3.8, 4) is 0 Å². The SMILES string of the molecule is O=C(CC(F)(F)F)N1CCC2(CC1)Cc1ccccc1CN(Cc1cccnc1)C2=O. The Labute approximate surface area is 178 Å². The van der Waals surface area contributed by atoms with E-state index < -0.39 is 23.9 Å². The Morgan fingerprint density at radius 1 is 1.06 bits per heavy atom. The number of pyridine rings is 1. The highest BCUT2D eigenvalue weighted by atomic mass is 19.4. The minimum atomic E-state index is -4.52. The second-order valence-corrected chi connectivity index (χ2v) is 8.42. The number of amides is 2. The molecule has 1 aromatic heterocycles. The van der Waals surface area contributed by atoms with Gasteiger partial charge in [-0.2, -0.15) is 13.2 Å². The number of aromatic nitrogens is 1. The monoisotopic (exact) mass is 431 g/mol. The van der Waals surface area contributed by atoms with Gasteiger partial charge in [-0.25, -0.2) is 0 Å². The molecule has 164 valence electrons. The maximum atomic E-state index is 13.7. The number of benzene rings is 1. The normalized spacial score (nSPS) is 18.6. The first-order valence-corrected chi connectivity index (χ1v) is 10.4. The Bertz CT molecular complexity index is 954. The van der Waals surface area contributed by atoms with Gasteiger partial charge in [0, 0.05) is 38.6 Å². The number of nitrogens with zero attached hydrogens (tertiary/aromatic N) is 3. The minimum Gasteiger partial charge on any atom is -0.342 e. The highest BCUT2D eigenvalue weighted by Crippen LogP contribution is 2.41. The van der Waals surface area contributed by atoms with E-state index in [-0.39, 0.29) is 19.0 Å². The molecule has 2 aliphatic heterocycles. The van der Waals surface area contributed by atoms with Crippen molar-refractivity contribution < 1.29 is 22.8 Å². The molecule has 0 unspecified atom stereocenters. The van der Waals surface area contributed by atoms with Gasteiger partial charge in [-0.1, -0.05) is 30.3 Å². The zero-order valence-electron chi connectivity index (χ0n) is 17.1. The molecular weight excluding hydrogens is 407 g/mol. The van der Waals surface area contributed by atoms with Crippen LogP contribution in [-0.2, 0) is 29.1 Å². The summed E-state index contributed by atoms with van der Waals surface area (Å²) in [6.45, 7) is 1.20. The van der Waals surface area contributed by atoms with E-state index in [9.17, 15) is 22.8 Å². The molecule has 1 fully saturated rings. The molecule has 3 heterocycles. The first-order valence-electron chi connectivity index (χ1n) is 10.4. The van der Waals surface area contributed by atoms with Crippen molar-refractivity contribution in [3.05, 3.63) is 65.5 Å². The molecule has 8 heteroatoms. The summed E-state index contributed by atoms with van der Waals surface area (Å²) in [5.41, 5.74) is 2.36. The molecule has 2 aromatic rings. The lowest BCUT2D eigenvalue weighted by Crippen LogP contribution is -2.51. The first-order chi connectivity index (χ1) is 14.8. The first kappa shape index (κ1) is 21.3. The molecule has 1 spiro atoms. The van der Waals surface area contributed by atoms with Gasteiger partial charge < -0.3 is 9.80 Å². The quantitative estimate of drug-likeness (QED) is 0.744. The molecule has 0 N–H and O–H groups in total. The van der Waals surface area contributed by atoms with Crippen LogP contribution in [-0.4, -0.2) is 45.9 Å². The summed E-state index contributed by atoms with van der Waals surface area (Å²) in [6.07, 6.45) is -1.32. The Morgan fingerprint density at radius 2 is 1.77 bits per heavy atom. The van der Waals surface area contributed by atoms with Gasteiger partial charge in [-0.15, -0.1) is 0 Å². The van der Waals surface area contributed by atoms with E-state index in [1.54, 1.807) is 12.4 Å². The molecule has 1 saturated heterocycles. The number of carbonyl (C=O) groups excluding carboxylic acids is 2. The minimum absolute atomic E-state index is 0.00419. The number of piperidine rings is 1. The molecule has 4 rings (SSSR count). The van der Waals surface area contributed by atoms with Crippen LogP contribution in [0.3, 0.4) is 0 Å². The van der Waals surface area contributed by atoms with Crippen molar-refractivity contribution in [1.82, 2.24) is 14.8 Å². The summed E-state index contributed by atoms with van der Waals surface area (Å²) in [5.74, 6) is -0.925. The van der Waals surface area contributed by atoms with E-state index in [1.807, 2.05) is 41.3 Å². The van der Waals surface area contributed by atoms with Crippen LogP contribution >= 0.6 is 0 Å². The third-order valence-corrected chi connectivity index (χ3v) is 6.27. The summed E-state index contributed by atoms with van der Waals surface area (Å²) < 4.78 is 37.9. The highest BCUT2D eigenvalue weighted by molar-refractivity contribution is 5.85. The van der Waals surface area contributed by atoms with Gasteiger partial charge in [0.05, 0.1) is 5.41 Å². The van der Waals surface area contributed by atoms with Gasteiger partial charge in [0.25, 0.3) is 0 Å². The maximum Gasteiger partial charge on any atom is 0.397 e. The van der Waals surface area contributed by atoms with Crippen molar-refractivity contribution in [3.63, 3.8) is 0 Å². The number of fused-ring (bicyclic) bond motifs is 1. The van der Waals surface area contributed by atoms with Gasteiger partial charge >= 0.3 is 6.18 Å². The largest absolute Gasteiger partial charge is 0.397 e. The Hall–Kier alpha value is -2.90. The van der Waals surface area contributed by atoms with E-state index >= 15 is 0 Å². The van der Waals surface area contributed by atoms with Crippen LogP contribution in [0.4, 0.5) is 13.2 Å². The van der Waals surface area contributed by atoms with Crippen LogP contribution in [0.15, 0.2) is 48.8 Å². The smallest absolute Gasteiger partial charge is 0.342 e. The second-order valence-electron chi connectivity index (χ2n) is 8.42. The van der Waals surface area contributed by atoms with Gasteiger partial charge in [-0.05, 0) is 42.0 Å². The average Bonchev–Trinajstić information content (AvgIpc) is 2.84. The molecule has 0 radical (unpaired) electrons. The topological polar surface area (TPSA) is 53.5 Å². The predicted molar refractivity (Wildman–Crippen MR) is 108 cm³/mol. The Morgan fingerprint density at radius 3 is 2.42 bits per heavy atom. The summed E-state index contributed by atoms with van der Waals surface area (Å²) in [6, 6.07) is 11.7.